The maximum absolute atomic E-state index is 12.7. The molecule has 1 aliphatic heterocycles. The van der Waals surface area contributed by atoms with E-state index in [-0.39, 0.29) is 5.91 Å². The van der Waals surface area contributed by atoms with Crippen molar-refractivity contribution in [1.82, 2.24) is 4.90 Å². The van der Waals surface area contributed by atoms with Gasteiger partial charge in [-0.15, -0.1) is 0 Å². The van der Waals surface area contributed by atoms with Gasteiger partial charge in [-0.3, -0.25) is 4.79 Å². The summed E-state index contributed by atoms with van der Waals surface area (Å²) >= 11 is 0. The van der Waals surface area contributed by atoms with E-state index in [1.165, 1.54) is 5.69 Å². The van der Waals surface area contributed by atoms with E-state index in [4.69, 9.17) is 9.15 Å². The van der Waals surface area contributed by atoms with Crippen LogP contribution in [0.25, 0.3) is 0 Å². The molecule has 5 heteroatoms. The Morgan fingerprint density at radius 2 is 1.52 bits per heavy atom. The van der Waals surface area contributed by atoms with Gasteiger partial charge in [0.15, 0.2) is 5.76 Å². The number of anilines is 1. The molecule has 0 saturated carbocycles. The quantitative estimate of drug-likeness (QED) is 0.692. The molecule has 4 rings (SSSR count). The van der Waals surface area contributed by atoms with E-state index in [1.807, 2.05) is 53.4 Å². The lowest BCUT2D eigenvalue weighted by atomic mass is 10.2. The molecule has 1 amide bonds. The molecule has 1 fully saturated rings. The summed E-state index contributed by atoms with van der Waals surface area (Å²) in [7, 11) is 0. The third kappa shape index (κ3) is 4.14. The Hall–Kier alpha value is -3.21. The zero-order valence-electron chi connectivity index (χ0n) is 15.1. The van der Waals surface area contributed by atoms with Crippen LogP contribution >= 0.6 is 0 Å². The predicted octanol–water partition coefficient (Wildman–Crippen LogP) is 3.82. The van der Waals surface area contributed by atoms with E-state index in [0.717, 1.165) is 18.8 Å². The molecule has 27 heavy (non-hydrogen) atoms. The van der Waals surface area contributed by atoms with Gasteiger partial charge in [0.1, 0.15) is 18.1 Å². The van der Waals surface area contributed by atoms with Gasteiger partial charge in [0.2, 0.25) is 0 Å². The van der Waals surface area contributed by atoms with Crippen LogP contribution in [0.2, 0.25) is 0 Å². The SMILES string of the molecule is O=C(c1ccc(COc2ccccc2)o1)N1CCN(c2ccccc2)CC1. The minimum atomic E-state index is -0.0614. The maximum Gasteiger partial charge on any atom is 0.289 e. The van der Waals surface area contributed by atoms with Crippen LogP contribution in [-0.2, 0) is 6.61 Å². The summed E-state index contributed by atoms with van der Waals surface area (Å²) in [6.07, 6.45) is 0. The summed E-state index contributed by atoms with van der Waals surface area (Å²) in [6, 6.07) is 23.4. The lowest BCUT2D eigenvalue weighted by Gasteiger charge is -2.35. The van der Waals surface area contributed by atoms with Crippen molar-refractivity contribution in [3.8, 4) is 5.75 Å². The molecule has 1 saturated heterocycles. The summed E-state index contributed by atoms with van der Waals surface area (Å²) in [5.41, 5.74) is 1.20. The normalized spacial score (nSPS) is 14.2. The molecular weight excluding hydrogens is 340 g/mol. The van der Waals surface area contributed by atoms with Gasteiger partial charge in [-0.05, 0) is 36.4 Å². The number of carbonyl (C=O) groups excluding carboxylic acids is 1. The number of furan rings is 1. The first kappa shape index (κ1) is 17.2. The fourth-order valence-corrected chi connectivity index (χ4v) is 3.20. The first-order chi connectivity index (χ1) is 13.3. The highest BCUT2D eigenvalue weighted by Crippen LogP contribution is 2.18. The zero-order chi connectivity index (χ0) is 18.5. The van der Waals surface area contributed by atoms with Gasteiger partial charge in [0.25, 0.3) is 5.91 Å². The molecule has 5 nitrogen and oxygen atoms in total. The number of hydrogen-bond acceptors (Lipinski definition) is 4. The standard InChI is InChI=1S/C22H22N2O3/c25-22(24-15-13-23(14-16-24)18-7-3-1-4-8-18)21-12-11-20(27-21)17-26-19-9-5-2-6-10-19/h1-12H,13-17H2. The highest BCUT2D eigenvalue weighted by Gasteiger charge is 2.24. The van der Waals surface area contributed by atoms with Crippen molar-refractivity contribution in [2.75, 3.05) is 31.1 Å². The van der Waals surface area contributed by atoms with Crippen LogP contribution in [0.1, 0.15) is 16.3 Å². The Kier molecular flexibility index (Phi) is 5.10. The summed E-state index contributed by atoms with van der Waals surface area (Å²) in [4.78, 5) is 16.8. The van der Waals surface area contributed by atoms with E-state index < -0.39 is 0 Å². The number of ether oxygens (including phenoxy) is 1. The minimum Gasteiger partial charge on any atom is -0.486 e. The van der Waals surface area contributed by atoms with Crippen LogP contribution in [0.5, 0.6) is 5.75 Å². The number of piperazine rings is 1. The number of hydrogen-bond donors (Lipinski definition) is 0. The minimum absolute atomic E-state index is 0.0614. The number of rotatable bonds is 5. The molecule has 2 aromatic carbocycles. The molecule has 0 aliphatic carbocycles. The molecule has 1 aliphatic rings. The average molecular weight is 362 g/mol. The number of nitrogens with zero attached hydrogens (tertiary/aromatic N) is 2. The molecule has 0 bridgehead atoms. The molecule has 3 aromatic rings. The van der Waals surface area contributed by atoms with Crippen LogP contribution in [0.15, 0.2) is 77.2 Å². The van der Waals surface area contributed by atoms with E-state index in [9.17, 15) is 4.79 Å². The molecule has 0 atom stereocenters. The van der Waals surface area contributed by atoms with Gasteiger partial charge in [-0.1, -0.05) is 36.4 Å². The van der Waals surface area contributed by atoms with Gasteiger partial charge < -0.3 is 19.0 Å². The van der Waals surface area contributed by atoms with E-state index in [2.05, 4.69) is 17.0 Å². The van der Waals surface area contributed by atoms with Crippen molar-refractivity contribution in [3.05, 3.63) is 84.3 Å². The highest BCUT2D eigenvalue weighted by atomic mass is 16.5. The molecule has 0 radical (unpaired) electrons. The van der Waals surface area contributed by atoms with Gasteiger partial charge in [-0.25, -0.2) is 0 Å². The third-order valence-corrected chi connectivity index (χ3v) is 4.68. The van der Waals surface area contributed by atoms with Gasteiger partial charge in [-0.2, -0.15) is 0 Å². The second-order valence-corrected chi connectivity index (χ2v) is 6.48. The summed E-state index contributed by atoms with van der Waals surface area (Å²) < 4.78 is 11.4. The summed E-state index contributed by atoms with van der Waals surface area (Å²) in [6.45, 7) is 3.31. The number of para-hydroxylation sites is 2. The summed E-state index contributed by atoms with van der Waals surface area (Å²) in [5.74, 6) is 1.73. The lowest BCUT2D eigenvalue weighted by Crippen LogP contribution is -2.48. The number of benzene rings is 2. The average Bonchev–Trinajstić information content (AvgIpc) is 3.22. The van der Waals surface area contributed by atoms with E-state index in [0.29, 0.717) is 31.2 Å². The van der Waals surface area contributed by atoms with E-state index >= 15 is 0 Å². The van der Waals surface area contributed by atoms with Crippen molar-refractivity contribution in [2.45, 2.75) is 6.61 Å². The van der Waals surface area contributed by atoms with Crippen LogP contribution in [-0.4, -0.2) is 37.0 Å². The first-order valence-electron chi connectivity index (χ1n) is 9.15. The number of carbonyl (C=O) groups is 1. The van der Waals surface area contributed by atoms with Gasteiger partial charge >= 0.3 is 0 Å². The van der Waals surface area contributed by atoms with Gasteiger partial charge in [0.05, 0.1) is 0 Å². The second kappa shape index (κ2) is 7.99. The fourth-order valence-electron chi connectivity index (χ4n) is 3.20. The predicted molar refractivity (Wildman–Crippen MR) is 104 cm³/mol. The lowest BCUT2D eigenvalue weighted by molar-refractivity contribution is 0.0710. The maximum atomic E-state index is 12.7. The van der Waals surface area contributed by atoms with Crippen molar-refractivity contribution in [3.63, 3.8) is 0 Å². The first-order valence-corrected chi connectivity index (χ1v) is 9.15. The summed E-state index contributed by atoms with van der Waals surface area (Å²) in [5, 5.41) is 0. The van der Waals surface area contributed by atoms with Crippen LogP contribution in [0.3, 0.4) is 0 Å². The molecule has 1 aromatic heterocycles. The van der Waals surface area contributed by atoms with Crippen LogP contribution < -0.4 is 9.64 Å². The fraction of sp³-hybridized carbons (Fsp3) is 0.227. The molecule has 138 valence electrons. The van der Waals surface area contributed by atoms with Crippen LogP contribution in [0, 0.1) is 0 Å². The Balaban J connectivity index is 1.32. The Labute approximate surface area is 158 Å². The molecule has 0 unspecified atom stereocenters. The van der Waals surface area contributed by atoms with Crippen LogP contribution in [0.4, 0.5) is 5.69 Å². The van der Waals surface area contributed by atoms with Crippen molar-refractivity contribution < 1.29 is 13.9 Å². The number of amides is 1. The highest BCUT2D eigenvalue weighted by molar-refractivity contribution is 5.91. The molecule has 0 N–H and O–H groups in total. The molecule has 0 spiro atoms. The molecular formula is C22H22N2O3. The van der Waals surface area contributed by atoms with Gasteiger partial charge in [0, 0.05) is 31.9 Å². The van der Waals surface area contributed by atoms with Crippen molar-refractivity contribution in [1.29, 1.82) is 0 Å². The van der Waals surface area contributed by atoms with Crippen molar-refractivity contribution in [2.24, 2.45) is 0 Å². The Morgan fingerprint density at radius 3 is 2.22 bits per heavy atom. The largest absolute Gasteiger partial charge is 0.486 e. The smallest absolute Gasteiger partial charge is 0.289 e. The second-order valence-electron chi connectivity index (χ2n) is 6.48. The Bertz CT molecular complexity index is 869. The zero-order valence-corrected chi connectivity index (χ0v) is 15.1. The monoisotopic (exact) mass is 362 g/mol. The third-order valence-electron chi connectivity index (χ3n) is 4.68. The van der Waals surface area contributed by atoms with E-state index in [1.54, 1.807) is 12.1 Å². The van der Waals surface area contributed by atoms with Crippen molar-refractivity contribution >= 4 is 11.6 Å². The Morgan fingerprint density at radius 1 is 0.852 bits per heavy atom. The molecule has 2 heterocycles. The topological polar surface area (TPSA) is 45.9 Å².